The molecule has 0 aliphatic rings. The maximum Gasteiger partial charge on any atom is 0.234 e. The quantitative estimate of drug-likeness (QED) is 0.153. The predicted molar refractivity (Wildman–Crippen MR) is 187 cm³/mol. The summed E-state index contributed by atoms with van der Waals surface area (Å²) in [5.41, 5.74) is 3.73. The number of hydrogen-bond acceptors (Lipinski definition) is 8. The van der Waals surface area contributed by atoms with Crippen LogP contribution in [0.15, 0.2) is 140 Å². The van der Waals surface area contributed by atoms with Gasteiger partial charge in [0.1, 0.15) is 34.5 Å². The molecule has 4 heterocycles. The van der Waals surface area contributed by atoms with Gasteiger partial charge < -0.3 is 18.9 Å². The standard InChI is InChI=1S/C40H29N5O4/c1-26-20-32-33-21-27(2)37(47-29-11-8-13-31(23-29)49-39-15-4-6-17-42-39)25-35(33)45(40-43-18-9-19-44-40)34(32)24-36(26)46-28-10-7-12-30(22-28)48-38-14-3-5-16-41-38/h3-25H,1-2H3. The number of benzene rings is 4. The molecule has 8 rings (SSSR count). The van der Waals surface area contributed by atoms with Gasteiger partial charge in [0.05, 0.1) is 11.0 Å². The van der Waals surface area contributed by atoms with E-state index in [1.807, 2.05) is 115 Å². The Bertz CT molecular complexity index is 2270. The fraction of sp³-hybridized carbons (Fsp3) is 0.0500. The van der Waals surface area contributed by atoms with Gasteiger partial charge in [-0.15, -0.1) is 0 Å². The van der Waals surface area contributed by atoms with E-state index < -0.39 is 0 Å². The molecule has 8 aromatic rings. The van der Waals surface area contributed by atoms with Crippen LogP contribution in [0.1, 0.15) is 11.1 Å². The van der Waals surface area contributed by atoms with E-state index in [1.54, 1.807) is 30.9 Å². The smallest absolute Gasteiger partial charge is 0.234 e. The number of aryl methyl sites for hydroxylation is 2. The summed E-state index contributed by atoms with van der Waals surface area (Å²) in [5, 5.41) is 2.08. The van der Waals surface area contributed by atoms with Gasteiger partial charge in [-0.3, -0.25) is 4.57 Å². The molecule has 4 aromatic heterocycles. The summed E-state index contributed by atoms with van der Waals surface area (Å²) in [6, 6.07) is 36.2. The van der Waals surface area contributed by atoms with Crippen LogP contribution in [-0.4, -0.2) is 24.5 Å². The van der Waals surface area contributed by atoms with Crippen LogP contribution in [0.5, 0.6) is 46.3 Å². The third kappa shape index (κ3) is 6.20. The molecular weight excluding hydrogens is 614 g/mol. The SMILES string of the molecule is Cc1cc2c3cc(C)c(Oc4cccc(Oc5ccccn5)c4)cc3n(-c3ncccn3)c2cc1Oc1cccc(Oc2ccccn2)c1. The zero-order chi connectivity index (χ0) is 33.2. The highest BCUT2D eigenvalue weighted by molar-refractivity contribution is 6.10. The van der Waals surface area contributed by atoms with Gasteiger partial charge in [0.25, 0.3) is 0 Å². The first-order chi connectivity index (χ1) is 24.1. The molecule has 0 aliphatic carbocycles. The van der Waals surface area contributed by atoms with E-state index in [1.165, 1.54) is 0 Å². The van der Waals surface area contributed by atoms with Crippen molar-refractivity contribution in [1.82, 2.24) is 24.5 Å². The summed E-state index contributed by atoms with van der Waals surface area (Å²) < 4.78 is 26.8. The molecule has 0 radical (unpaired) electrons. The van der Waals surface area contributed by atoms with Crippen LogP contribution >= 0.6 is 0 Å². The first kappa shape index (κ1) is 29.6. The number of nitrogens with zero attached hydrogens (tertiary/aromatic N) is 5. The van der Waals surface area contributed by atoms with Crippen LogP contribution in [0.3, 0.4) is 0 Å². The van der Waals surface area contributed by atoms with Gasteiger partial charge in [-0.2, -0.15) is 0 Å². The molecule has 4 aromatic carbocycles. The molecule has 0 saturated carbocycles. The lowest BCUT2D eigenvalue weighted by Crippen LogP contribution is -2.00. The second-order valence-corrected chi connectivity index (χ2v) is 11.3. The van der Waals surface area contributed by atoms with E-state index in [0.717, 1.165) is 32.9 Å². The van der Waals surface area contributed by atoms with Crippen molar-refractivity contribution in [2.45, 2.75) is 13.8 Å². The van der Waals surface area contributed by atoms with Crippen molar-refractivity contribution in [2.24, 2.45) is 0 Å². The minimum Gasteiger partial charge on any atom is -0.457 e. The number of pyridine rings is 2. The van der Waals surface area contributed by atoms with Crippen molar-refractivity contribution in [3.05, 3.63) is 151 Å². The van der Waals surface area contributed by atoms with Crippen LogP contribution in [-0.2, 0) is 0 Å². The highest BCUT2D eigenvalue weighted by Gasteiger charge is 2.19. The normalized spacial score (nSPS) is 11.1. The average molecular weight is 644 g/mol. The molecule has 49 heavy (non-hydrogen) atoms. The fourth-order valence-corrected chi connectivity index (χ4v) is 5.64. The number of hydrogen-bond donors (Lipinski definition) is 0. The topological polar surface area (TPSA) is 93.4 Å². The second kappa shape index (κ2) is 12.8. The lowest BCUT2D eigenvalue weighted by molar-refractivity contribution is 0.447. The number of rotatable bonds is 9. The molecule has 9 nitrogen and oxygen atoms in total. The third-order valence-electron chi connectivity index (χ3n) is 7.90. The zero-order valence-electron chi connectivity index (χ0n) is 26.6. The van der Waals surface area contributed by atoms with Gasteiger partial charge in [0.15, 0.2) is 0 Å². The zero-order valence-corrected chi connectivity index (χ0v) is 26.6. The fourth-order valence-electron chi connectivity index (χ4n) is 5.64. The van der Waals surface area contributed by atoms with Crippen LogP contribution in [0, 0.1) is 13.8 Å². The van der Waals surface area contributed by atoms with Gasteiger partial charge in [-0.1, -0.05) is 24.3 Å². The Morgan fingerprint density at radius 3 is 1.33 bits per heavy atom. The molecule has 0 spiro atoms. The molecular formula is C40H29N5O4. The third-order valence-corrected chi connectivity index (χ3v) is 7.90. The summed E-state index contributed by atoms with van der Waals surface area (Å²) in [6.07, 6.45) is 6.85. The van der Waals surface area contributed by atoms with E-state index in [0.29, 0.717) is 52.2 Å². The van der Waals surface area contributed by atoms with Crippen molar-refractivity contribution in [2.75, 3.05) is 0 Å². The number of fused-ring (bicyclic) bond motifs is 3. The van der Waals surface area contributed by atoms with Gasteiger partial charge in [0.2, 0.25) is 17.7 Å². The second-order valence-electron chi connectivity index (χ2n) is 11.3. The molecule has 0 unspecified atom stereocenters. The van der Waals surface area contributed by atoms with Crippen molar-refractivity contribution in [3.63, 3.8) is 0 Å². The summed E-state index contributed by atoms with van der Waals surface area (Å²) >= 11 is 0. The highest BCUT2D eigenvalue weighted by Crippen LogP contribution is 2.40. The van der Waals surface area contributed by atoms with Crippen LogP contribution in [0.25, 0.3) is 27.8 Å². The van der Waals surface area contributed by atoms with Crippen LogP contribution < -0.4 is 18.9 Å². The van der Waals surface area contributed by atoms with Gasteiger partial charge in [-0.05, 0) is 79.6 Å². The molecule has 0 atom stereocenters. The minimum atomic E-state index is 0.508. The van der Waals surface area contributed by atoms with Crippen molar-refractivity contribution < 1.29 is 18.9 Å². The van der Waals surface area contributed by atoms with Gasteiger partial charge >= 0.3 is 0 Å². The lowest BCUT2D eigenvalue weighted by atomic mass is 10.1. The monoisotopic (exact) mass is 643 g/mol. The molecule has 238 valence electrons. The average Bonchev–Trinajstić information content (AvgIpc) is 3.41. The Labute approximate surface area is 282 Å². The molecule has 0 N–H and O–H groups in total. The maximum absolute atomic E-state index is 6.47. The predicted octanol–water partition coefficient (Wildman–Crippen LogP) is 10.1. The van der Waals surface area contributed by atoms with Crippen molar-refractivity contribution >= 4 is 21.8 Å². The van der Waals surface area contributed by atoms with E-state index in [2.05, 4.69) is 32.1 Å². The first-order valence-corrected chi connectivity index (χ1v) is 15.7. The number of aromatic nitrogens is 5. The Hall–Kier alpha value is -6.74. The Balaban J connectivity index is 1.18. The summed E-state index contributed by atoms with van der Waals surface area (Å²) in [6.45, 7) is 4.07. The molecule has 9 heteroatoms. The van der Waals surface area contributed by atoms with Crippen LogP contribution in [0.4, 0.5) is 0 Å². The maximum atomic E-state index is 6.47. The van der Waals surface area contributed by atoms with E-state index in [9.17, 15) is 0 Å². The van der Waals surface area contributed by atoms with Crippen molar-refractivity contribution in [1.29, 1.82) is 0 Å². The number of ether oxygens (including phenoxy) is 4. The minimum absolute atomic E-state index is 0.508. The Morgan fingerprint density at radius 2 is 0.878 bits per heavy atom. The lowest BCUT2D eigenvalue weighted by Gasteiger charge is -2.12. The summed E-state index contributed by atoms with van der Waals surface area (Å²) in [7, 11) is 0. The van der Waals surface area contributed by atoms with Gasteiger partial charge in [0, 0.05) is 72.0 Å². The summed E-state index contributed by atoms with van der Waals surface area (Å²) in [5.74, 6) is 5.45. The Morgan fingerprint density at radius 1 is 0.429 bits per heavy atom. The molecule has 0 aliphatic heterocycles. The molecule has 0 amide bonds. The molecule has 0 saturated heterocycles. The summed E-state index contributed by atoms with van der Waals surface area (Å²) in [4.78, 5) is 17.8. The highest BCUT2D eigenvalue weighted by atomic mass is 16.5. The van der Waals surface area contributed by atoms with Crippen molar-refractivity contribution in [3.8, 4) is 52.2 Å². The first-order valence-electron chi connectivity index (χ1n) is 15.7. The Kier molecular flexibility index (Phi) is 7.75. The van der Waals surface area contributed by atoms with E-state index >= 15 is 0 Å². The van der Waals surface area contributed by atoms with E-state index in [4.69, 9.17) is 18.9 Å². The van der Waals surface area contributed by atoms with Gasteiger partial charge in [-0.25, -0.2) is 19.9 Å². The van der Waals surface area contributed by atoms with E-state index in [-0.39, 0.29) is 0 Å². The largest absolute Gasteiger partial charge is 0.457 e. The molecule has 0 bridgehead atoms. The van der Waals surface area contributed by atoms with Crippen LogP contribution in [0.2, 0.25) is 0 Å². The molecule has 0 fully saturated rings.